The number of H-pyrrole nitrogens is 2. The first-order valence-corrected chi connectivity index (χ1v) is 9.72. The molecule has 160 valence electrons. The molecule has 0 saturated heterocycles. The van der Waals surface area contributed by atoms with E-state index < -0.39 is 0 Å². The molecule has 0 aliphatic carbocycles. The smallest absolute Gasteiger partial charge is 0.261 e. The number of thiophene rings is 1. The van der Waals surface area contributed by atoms with E-state index >= 15 is 0 Å². The molecule has 0 spiro atoms. The third-order valence-corrected chi connectivity index (χ3v) is 6.15. The second kappa shape index (κ2) is 12.6. The number of aromatic nitrogens is 3. The molecule has 5 nitrogen and oxygen atoms in total. The molecule has 0 amide bonds. The second-order valence-electron chi connectivity index (χ2n) is 7.13. The summed E-state index contributed by atoms with van der Waals surface area (Å²) in [7, 11) is 6.30. The molecular weight excluding hydrogens is 1090 g/mol. The third kappa shape index (κ3) is 6.02. The Morgan fingerprint density at radius 3 is 2.45 bits per heavy atom. The molecule has 3 aromatic heterocycles. The number of hydrogen-bond acceptors (Lipinski definition) is 4. The van der Waals surface area contributed by atoms with Crippen molar-refractivity contribution in [3.63, 3.8) is 0 Å². The van der Waals surface area contributed by atoms with E-state index in [1.807, 2.05) is 32.9 Å². The summed E-state index contributed by atoms with van der Waals surface area (Å²) in [5.74, 6) is 0.448. The number of hydrogen-bond donors (Lipinski definition) is 3. The van der Waals surface area contributed by atoms with Crippen LogP contribution < -0.4 is 10.9 Å². The van der Waals surface area contributed by atoms with Crippen LogP contribution in [0.4, 0.5) is 5.69 Å². The summed E-state index contributed by atoms with van der Waals surface area (Å²) >= 11 is 1.65. The minimum Gasteiger partial charge on any atom is -0.389 e. The molecule has 0 bridgehead atoms. The Labute approximate surface area is 244 Å². The van der Waals surface area contributed by atoms with E-state index in [-0.39, 0.29) is 102 Å². The Kier molecular flexibility index (Phi) is 12.7. The summed E-state index contributed by atoms with van der Waals surface area (Å²) < 4.78 is 0.989. The predicted octanol–water partition coefficient (Wildman–Crippen LogP) is 4.10. The topological polar surface area (TPSA) is 73.6 Å². The fourth-order valence-corrected chi connectivity index (χ4v) is 4.20. The van der Waals surface area contributed by atoms with Crippen LogP contribution >= 0.6 is 11.3 Å². The maximum absolute atomic E-state index is 13.0. The number of nitrogens with one attached hydrogen (secondary N) is 3. The first kappa shape index (κ1) is 31.2. The van der Waals surface area contributed by atoms with Crippen LogP contribution in [0.15, 0.2) is 23.0 Å². The summed E-state index contributed by atoms with van der Waals surface area (Å²) in [4.78, 5) is 25.1. The van der Waals surface area contributed by atoms with Crippen molar-refractivity contribution in [2.75, 3.05) is 5.32 Å². The molecule has 4 rings (SSSR count). The molecule has 0 fully saturated rings. The summed E-state index contributed by atoms with van der Waals surface area (Å²) in [5.41, 5.74) is 4.60. The normalized spacial score (nSPS) is 11.3. The Morgan fingerprint density at radius 1 is 1.16 bits per heavy atom. The van der Waals surface area contributed by atoms with Gasteiger partial charge in [-0.05, 0) is 42.3 Å². The molecule has 4 aromatic rings. The zero-order chi connectivity index (χ0) is 19.3. The monoisotopic (exact) mass is 1110 g/mol. The maximum atomic E-state index is 13.0. The summed E-state index contributed by atoms with van der Waals surface area (Å²) in [6, 6.07) is 8.53. The SMILES string of the molecule is [B]C(Nc1c(-c2nc3c[c-]ccc3[nH]2)c(=O)[nH]c2c(C)c(C)sc12)C(C)C.[W].[W].[W].[W]. The van der Waals surface area contributed by atoms with E-state index in [1.165, 1.54) is 0 Å². The summed E-state index contributed by atoms with van der Waals surface area (Å²) in [6.07, 6.45) is 0. The summed E-state index contributed by atoms with van der Waals surface area (Å²) in [6.45, 7) is 8.17. The molecule has 0 aliphatic heterocycles. The fourth-order valence-electron chi connectivity index (χ4n) is 3.07. The van der Waals surface area contributed by atoms with Gasteiger partial charge in [-0.15, -0.1) is 23.5 Å². The van der Waals surface area contributed by atoms with Crippen molar-refractivity contribution >= 4 is 46.1 Å². The third-order valence-electron chi connectivity index (χ3n) is 4.92. The molecule has 3 N–H and O–H groups in total. The zero-order valence-electron chi connectivity index (χ0n) is 17.4. The van der Waals surface area contributed by atoms with E-state index in [0.717, 1.165) is 37.4 Å². The van der Waals surface area contributed by atoms with Crippen LogP contribution in [0.3, 0.4) is 0 Å². The van der Waals surface area contributed by atoms with Crippen molar-refractivity contribution in [1.82, 2.24) is 15.0 Å². The largest absolute Gasteiger partial charge is 0.389 e. The van der Waals surface area contributed by atoms with E-state index in [1.54, 1.807) is 17.4 Å². The van der Waals surface area contributed by atoms with Gasteiger partial charge in [0, 0.05) is 89.1 Å². The van der Waals surface area contributed by atoms with Gasteiger partial charge in [0.25, 0.3) is 5.56 Å². The number of anilines is 1. The number of aryl methyl sites for hydroxylation is 2. The molecular formula is C20H20BN4OSW4-. The molecule has 11 heteroatoms. The van der Waals surface area contributed by atoms with Crippen molar-refractivity contribution in [3.05, 3.63) is 45.1 Å². The molecule has 1 unspecified atom stereocenters. The summed E-state index contributed by atoms with van der Waals surface area (Å²) in [5, 5.41) is 3.38. The number of nitrogens with zero attached hydrogens (tertiary/aromatic N) is 1. The molecule has 2 radical (unpaired) electrons. The number of imidazole rings is 1. The van der Waals surface area contributed by atoms with Crippen LogP contribution in [0.1, 0.15) is 24.3 Å². The zero-order valence-corrected chi connectivity index (χ0v) is 29.9. The van der Waals surface area contributed by atoms with Gasteiger partial charge in [-0.1, -0.05) is 13.8 Å². The molecule has 1 aromatic carbocycles. The standard InChI is InChI=1S/C20H20BN4OS.4W/c1-9(2)18(21)24-16-14(19-22-12-7-5-6-8-13(12)23-19)20(26)25-15-10(3)11(4)27-17(15)16;;;;/h5,7-9,18H,1-4H3,(H,22,23)(H2,24,25,26);;;;/q-1;;;;. The Balaban J connectivity index is 0.00000225. The second-order valence-corrected chi connectivity index (χ2v) is 8.36. The van der Waals surface area contributed by atoms with Crippen LogP contribution in [0.5, 0.6) is 0 Å². The van der Waals surface area contributed by atoms with Gasteiger partial charge in [0.2, 0.25) is 0 Å². The van der Waals surface area contributed by atoms with Gasteiger partial charge in [-0.3, -0.25) is 9.78 Å². The Bertz CT molecular complexity index is 1190. The van der Waals surface area contributed by atoms with Crippen molar-refractivity contribution in [2.45, 2.75) is 33.6 Å². The van der Waals surface area contributed by atoms with Crippen molar-refractivity contribution in [1.29, 1.82) is 0 Å². The fraction of sp³-hybridized carbons (Fsp3) is 0.300. The first-order valence-electron chi connectivity index (χ1n) is 8.91. The average Bonchev–Trinajstić information content (AvgIpc) is 3.17. The number of pyridine rings is 1. The Morgan fingerprint density at radius 2 is 1.84 bits per heavy atom. The van der Waals surface area contributed by atoms with Crippen molar-refractivity contribution < 1.29 is 84.3 Å². The molecule has 1 atom stereocenters. The van der Waals surface area contributed by atoms with Gasteiger partial charge in [-0.25, -0.2) is 0 Å². The Hall–Kier alpha value is 0.218. The van der Waals surface area contributed by atoms with Gasteiger partial charge in [0.15, 0.2) is 0 Å². The predicted molar refractivity (Wildman–Crippen MR) is 114 cm³/mol. The van der Waals surface area contributed by atoms with Gasteiger partial charge in [0.1, 0.15) is 11.4 Å². The van der Waals surface area contributed by atoms with Crippen LogP contribution in [0.25, 0.3) is 32.6 Å². The molecule has 0 saturated carbocycles. The van der Waals surface area contributed by atoms with E-state index in [0.29, 0.717) is 11.4 Å². The van der Waals surface area contributed by atoms with Crippen LogP contribution in [0.2, 0.25) is 0 Å². The van der Waals surface area contributed by atoms with Crippen LogP contribution in [-0.4, -0.2) is 28.7 Å². The van der Waals surface area contributed by atoms with Gasteiger partial charge in [-0.2, -0.15) is 12.1 Å². The molecule has 31 heavy (non-hydrogen) atoms. The molecule has 3 heterocycles. The van der Waals surface area contributed by atoms with Gasteiger partial charge in [0.05, 0.1) is 23.8 Å². The number of rotatable bonds is 4. The van der Waals surface area contributed by atoms with E-state index in [4.69, 9.17) is 7.85 Å². The van der Waals surface area contributed by atoms with Gasteiger partial charge < -0.3 is 15.3 Å². The van der Waals surface area contributed by atoms with Crippen LogP contribution in [0, 0.1) is 25.8 Å². The number of benzene rings is 1. The van der Waals surface area contributed by atoms with E-state index in [2.05, 4.69) is 33.3 Å². The quantitative estimate of drug-likeness (QED) is 0.213. The number of aromatic amines is 2. The van der Waals surface area contributed by atoms with Gasteiger partial charge >= 0.3 is 0 Å². The minimum absolute atomic E-state index is 0. The average molecular weight is 1110 g/mol. The molecule has 0 aliphatic rings. The maximum Gasteiger partial charge on any atom is 0.261 e. The van der Waals surface area contributed by atoms with Crippen molar-refractivity contribution in [2.24, 2.45) is 5.92 Å². The minimum atomic E-state index is -0.283. The van der Waals surface area contributed by atoms with Crippen molar-refractivity contribution in [3.8, 4) is 11.4 Å². The first-order chi connectivity index (χ1) is 12.9. The van der Waals surface area contributed by atoms with Crippen LogP contribution in [-0.2, 0) is 84.3 Å². The van der Waals surface area contributed by atoms with E-state index in [9.17, 15) is 4.79 Å². The number of fused-ring (bicyclic) bond motifs is 2.